The number of rotatable bonds is 5. The molecule has 1 N–H and O–H groups in total. The molecule has 0 aromatic carbocycles. The van der Waals surface area contributed by atoms with Crippen molar-refractivity contribution in [2.75, 3.05) is 6.54 Å². The van der Waals surface area contributed by atoms with Crippen LogP contribution in [0.3, 0.4) is 0 Å². The third kappa shape index (κ3) is 3.76. The lowest BCUT2D eigenvalue weighted by atomic mass is 9.86. The first-order valence-electron chi connectivity index (χ1n) is 7.59. The fourth-order valence-electron chi connectivity index (χ4n) is 3.60. The summed E-state index contributed by atoms with van der Waals surface area (Å²) in [7, 11) is 0. The van der Waals surface area contributed by atoms with E-state index in [-0.39, 0.29) is 0 Å². The Balaban J connectivity index is 1.53. The van der Waals surface area contributed by atoms with Crippen LogP contribution in [0.2, 0.25) is 0 Å². The maximum Gasteiger partial charge on any atom is 0.00926 e. The molecule has 0 bridgehead atoms. The Labute approximate surface area is 101 Å². The third-order valence-electron chi connectivity index (χ3n) is 4.78. The first-order valence-corrected chi connectivity index (χ1v) is 7.59. The summed E-state index contributed by atoms with van der Waals surface area (Å²) in [4.78, 5) is 0. The Morgan fingerprint density at radius 3 is 2.38 bits per heavy atom. The minimum atomic E-state index is 0.831. The van der Waals surface area contributed by atoms with E-state index in [4.69, 9.17) is 0 Å². The summed E-state index contributed by atoms with van der Waals surface area (Å²) in [6.07, 6.45) is 14.7. The van der Waals surface area contributed by atoms with Crippen molar-refractivity contribution in [3.63, 3.8) is 0 Å². The summed E-state index contributed by atoms with van der Waals surface area (Å²) in [5, 5.41) is 3.80. The first-order chi connectivity index (χ1) is 7.86. The molecule has 1 nitrogen and oxygen atoms in total. The lowest BCUT2D eigenvalue weighted by Gasteiger charge is -2.29. The van der Waals surface area contributed by atoms with Gasteiger partial charge in [0.1, 0.15) is 0 Å². The van der Waals surface area contributed by atoms with Gasteiger partial charge in [0.05, 0.1) is 0 Å². The smallest absolute Gasteiger partial charge is 0.00926 e. The summed E-state index contributed by atoms with van der Waals surface area (Å²) in [5.41, 5.74) is 0. The predicted octanol–water partition coefficient (Wildman–Crippen LogP) is 4.13. The molecule has 0 saturated heterocycles. The zero-order chi connectivity index (χ0) is 11.2. The molecule has 2 fully saturated rings. The van der Waals surface area contributed by atoms with E-state index in [0.717, 1.165) is 17.9 Å². The van der Waals surface area contributed by atoms with Crippen molar-refractivity contribution in [1.29, 1.82) is 0 Å². The molecule has 0 aliphatic heterocycles. The topological polar surface area (TPSA) is 12.0 Å². The summed E-state index contributed by atoms with van der Waals surface area (Å²) >= 11 is 0. The van der Waals surface area contributed by atoms with E-state index >= 15 is 0 Å². The minimum Gasteiger partial charge on any atom is -0.314 e. The van der Waals surface area contributed by atoms with Gasteiger partial charge in [-0.25, -0.2) is 0 Å². The van der Waals surface area contributed by atoms with Gasteiger partial charge in [-0.1, -0.05) is 45.4 Å². The number of hydrogen-bond acceptors (Lipinski definition) is 1. The van der Waals surface area contributed by atoms with Gasteiger partial charge in [0, 0.05) is 6.04 Å². The average Bonchev–Trinajstić information content (AvgIpc) is 2.79. The normalized spacial score (nSPS) is 32.1. The van der Waals surface area contributed by atoms with Crippen molar-refractivity contribution in [2.45, 2.75) is 77.2 Å². The maximum atomic E-state index is 3.80. The van der Waals surface area contributed by atoms with E-state index in [2.05, 4.69) is 12.2 Å². The fourth-order valence-corrected chi connectivity index (χ4v) is 3.60. The van der Waals surface area contributed by atoms with Crippen LogP contribution in [0.5, 0.6) is 0 Å². The lowest BCUT2D eigenvalue weighted by molar-refractivity contribution is 0.277. The van der Waals surface area contributed by atoms with E-state index in [1.807, 2.05) is 0 Å². The molecule has 0 amide bonds. The monoisotopic (exact) mass is 223 g/mol. The Morgan fingerprint density at radius 1 is 0.938 bits per heavy atom. The van der Waals surface area contributed by atoms with Crippen LogP contribution in [0.4, 0.5) is 0 Å². The van der Waals surface area contributed by atoms with Gasteiger partial charge in [0.2, 0.25) is 0 Å². The number of nitrogens with one attached hydrogen (secondary N) is 1. The lowest BCUT2D eigenvalue weighted by Crippen LogP contribution is -2.37. The van der Waals surface area contributed by atoms with Gasteiger partial charge in [-0.3, -0.25) is 0 Å². The molecule has 0 spiro atoms. The van der Waals surface area contributed by atoms with Gasteiger partial charge >= 0.3 is 0 Å². The van der Waals surface area contributed by atoms with Crippen LogP contribution < -0.4 is 5.32 Å². The van der Waals surface area contributed by atoms with Crippen molar-refractivity contribution in [3.05, 3.63) is 0 Å². The highest BCUT2D eigenvalue weighted by atomic mass is 14.9. The van der Waals surface area contributed by atoms with Crippen LogP contribution in [0.1, 0.15) is 71.1 Å². The summed E-state index contributed by atoms with van der Waals surface area (Å²) in [6, 6.07) is 0.831. The standard InChI is InChI=1S/C15H29N/c1-13-7-2-5-11-15(13)16-12-6-10-14-8-3-4-9-14/h13-16H,2-12H2,1H3. The van der Waals surface area contributed by atoms with Gasteiger partial charge in [-0.2, -0.15) is 0 Å². The molecule has 2 rings (SSSR count). The molecular formula is C15H29N. The molecular weight excluding hydrogens is 194 g/mol. The highest BCUT2D eigenvalue weighted by molar-refractivity contribution is 4.78. The molecule has 0 aromatic heterocycles. The zero-order valence-electron chi connectivity index (χ0n) is 11.0. The van der Waals surface area contributed by atoms with Gasteiger partial charge in [0.25, 0.3) is 0 Å². The average molecular weight is 223 g/mol. The van der Waals surface area contributed by atoms with Crippen LogP contribution in [0, 0.1) is 11.8 Å². The van der Waals surface area contributed by atoms with Gasteiger partial charge in [0.15, 0.2) is 0 Å². The fraction of sp³-hybridized carbons (Fsp3) is 1.00. The third-order valence-corrected chi connectivity index (χ3v) is 4.78. The second-order valence-corrected chi connectivity index (χ2v) is 6.12. The molecule has 16 heavy (non-hydrogen) atoms. The Morgan fingerprint density at radius 2 is 1.62 bits per heavy atom. The summed E-state index contributed by atoms with van der Waals surface area (Å²) in [6.45, 7) is 3.69. The van der Waals surface area contributed by atoms with Crippen LogP contribution in [-0.2, 0) is 0 Å². The van der Waals surface area contributed by atoms with E-state index in [0.29, 0.717) is 0 Å². The second-order valence-electron chi connectivity index (χ2n) is 6.12. The van der Waals surface area contributed by atoms with E-state index in [9.17, 15) is 0 Å². The molecule has 0 radical (unpaired) electrons. The number of hydrogen-bond donors (Lipinski definition) is 1. The molecule has 2 atom stereocenters. The largest absolute Gasteiger partial charge is 0.314 e. The highest BCUT2D eigenvalue weighted by Gasteiger charge is 2.20. The highest BCUT2D eigenvalue weighted by Crippen LogP contribution is 2.28. The van der Waals surface area contributed by atoms with Crippen LogP contribution >= 0.6 is 0 Å². The van der Waals surface area contributed by atoms with Crippen molar-refractivity contribution >= 4 is 0 Å². The van der Waals surface area contributed by atoms with Gasteiger partial charge < -0.3 is 5.32 Å². The SMILES string of the molecule is CC1CCCCC1NCCCC1CCCC1. The van der Waals surface area contributed by atoms with Crippen molar-refractivity contribution in [3.8, 4) is 0 Å². The Hall–Kier alpha value is -0.0400. The molecule has 0 aromatic rings. The Bertz CT molecular complexity index is 184. The van der Waals surface area contributed by atoms with Crippen LogP contribution in [0.15, 0.2) is 0 Å². The first kappa shape index (κ1) is 12.4. The molecule has 2 aliphatic carbocycles. The Kier molecular flexibility index (Phi) is 5.15. The predicted molar refractivity (Wildman–Crippen MR) is 70.6 cm³/mol. The molecule has 1 heteroatoms. The quantitative estimate of drug-likeness (QED) is 0.691. The molecule has 2 saturated carbocycles. The molecule has 0 heterocycles. The summed E-state index contributed by atoms with van der Waals surface area (Å²) < 4.78 is 0. The van der Waals surface area contributed by atoms with E-state index < -0.39 is 0 Å². The summed E-state index contributed by atoms with van der Waals surface area (Å²) in [5.74, 6) is 1.99. The zero-order valence-corrected chi connectivity index (χ0v) is 11.0. The second kappa shape index (κ2) is 6.64. The van der Waals surface area contributed by atoms with Crippen molar-refractivity contribution in [2.24, 2.45) is 11.8 Å². The van der Waals surface area contributed by atoms with Gasteiger partial charge in [-0.15, -0.1) is 0 Å². The minimum absolute atomic E-state index is 0.831. The van der Waals surface area contributed by atoms with E-state index in [1.54, 1.807) is 0 Å². The maximum absolute atomic E-state index is 3.80. The van der Waals surface area contributed by atoms with Crippen LogP contribution in [-0.4, -0.2) is 12.6 Å². The van der Waals surface area contributed by atoms with Crippen LogP contribution in [0.25, 0.3) is 0 Å². The van der Waals surface area contributed by atoms with Gasteiger partial charge in [-0.05, 0) is 44.1 Å². The van der Waals surface area contributed by atoms with Crippen molar-refractivity contribution < 1.29 is 0 Å². The van der Waals surface area contributed by atoms with Crippen molar-refractivity contribution in [1.82, 2.24) is 5.32 Å². The molecule has 94 valence electrons. The van der Waals surface area contributed by atoms with E-state index in [1.165, 1.54) is 70.8 Å². The molecule has 2 aliphatic rings. The molecule has 2 unspecified atom stereocenters.